The minimum atomic E-state index is -0.242. The highest BCUT2D eigenvalue weighted by molar-refractivity contribution is 6.29. The number of halogens is 1. The minimum Gasteiger partial charge on any atom is -0.377 e. The summed E-state index contributed by atoms with van der Waals surface area (Å²) in [4.78, 5) is 28.5. The van der Waals surface area contributed by atoms with Crippen molar-refractivity contribution in [1.82, 2.24) is 4.90 Å². The first-order chi connectivity index (χ1) is 12.4. The molecule has 0 fully saturated rings. The lowest BCUT2D eigenvalue weighted by Crippen LogP contribution is -2.36. The summed E-state index contributed by atoms with van der Waals surface area (Å²) in [6.45, 7) is 7.45. The molecule has 5 nitrogen and oxygen atoms in total. The standard InChI is InChI=1S/C20H32ClN3O2/c1-6-11-24(20(26)15(7-2)8-3)14-16-12-17(22-19(25)13-21)9-10-18(16)23(4)5/h9-10,12,15H,6-8,11,13-14H2,1-5H3,(H,22,25). The molecule has 0 bridgehead atoms. The first-order valence-corrected chi connectivity index (χ1v) is 9.86. The molecular formula is C20H32ClN3O2. The van der Waals surface area contributed by atoms with E-state index in [9.17, 15) is 9.59 Å². The molecule has 2 amide bonds. The van der Waals surface area contributed by atoms with Gasteiger partial charge in [-0.25, -0.2) is 0 Å². The summed E-state index contributed by atoms with van der Waals surface area (Å²) in [6.07, 6.45) is 2.61. The van der Waals surface area contributed by atoms with Crippen molar-refractivity contribution in [2.24, 2.45) is 5.92 Å². The Labute approximate surface area is 162 Å². The number of nitrogens with one attached hydrogen (secondary N) is 1. The van der Waals surface area contributed by atoms with E-state index < -0.39 is 0 Å². The highest BCUT2D eigenvalue weighted by atomic mass is 35.5. The van der Waals surface area contributed by atoms with Crippen molar-refractivity contribution in [1.29, 1.82) is 0 Å². The summed E-state index contributed by atoms with van der Waals surface area (Å²) < 4.78 is 0. The fraction of sp³-hybridized carbons (Fsp3) is 0.600. The number of carbonyl (C=O) groups excluding carboxylic acids is 2. The van der Waals surface area contributed by atoms with Crippen LogP contribution in [0.1, 0.15) is 45.6 Å². The summed E-state index contributed by atoms with van der Waals surface area (Å²) in [6, 6.07) is 5.75. The van der Waals surface area contributed by atoms with Crippen LogP contribution in [-0.2, 0) is 16.1 Å². The van der Waals surface area contributed by atoms with Crippen molar-refractivity contribution in [3.8, 4) is 0 Å². The van der Waals surface area contributed by atoms with Crippen LogP contribution in [-0.4, -0.2) is 43.2 Å². The van der Waals surface area contributed by atoms with Crippen LogP contribution >= 0.6 is 11.6 Å². The zero-order chi connectivity index (χ0) is 19.7. The molecule has 0 saturated heterocycles. The fourth-order valence-electron chi connectivity index (χ4n) is 3.06. The quantitative estimate of drug-likeness (QED) is 0.620. The van der Waals surface area contributed by atoms with Crippen molar-refractivity contribution in [3.05, 3.63) is 23.8 Å². The van der Waals surface area contributed by atoms with Crippen molar-refractivity contribution >= 4 is 34.8 Å². The molecule has 1 aromatic rings. The van der Waals surface area contributed by atoms with Gasteiger partial charge >= 0.3 is 0 Å². The van der Waals surface area contributed by atoms with Crippen LogP contribution in [0.2, 0.25) is 0 Å². The van der Waals surface area contributed by atoms with Crippen molar-refractivity contribution in [2.75, 3.05) is 36.7 Å². The molecule has 1 N–H and O–H groups in total. The van der Waals surface area contributed by atoms with Gasteiger partial charge in [0.05, 0.1) is 0 Å². The smallest absolute Gasteiger partial charge is 0.239 e. The van der Waals surface area contributed by atoms with Crippen molar-refractivity contribution < 1.29 is 9.59 Å². The number of carbonyl (C=O) groups is 2. The highest BCUT2D eigenvalue weighted by Crippen LogP contribution is 2.26. The van der Waals surface area contributed by atoms with Gasteiger partial charge in [0.25, 0.3) is 0 Å². The Bertz CT molecular complexity index is 601. The van der Waals surface area contributed by atoms with Gasteiger partial charge in [0.15, 0.2) is 0 Å². The van der Waals surface area contributed by atoms with Crippen LogP contribution in [0.25, 0.3) is 0 Å². The average Bonchev–Trinajstić information content (AvgIpc) is 2.62. The predicted octanol–water partition coefficient (Wildman–Crippen LogP) is 4.10. The average molecular weight is 382 g/mol. The Morgan fingerprint density at radius 2 is 1.81 bits per heavy atom. The van der Waals surface area contributed by atoms with Gasteiger partial charge in [-0.15, -0.1) is 11.6 Å². The van der Waals surface area contributed by atoms with Crippen molar-refractivity contribution in [2.45, 2.75) is 46.6 Å². The van der Waals surface area contributed by atoms with E-state index in [0.29, 0.717) is 12.2 Å². The molecule has 1 aromatic carbocycles. The number of anilines is 2. The molecule has 0 aliphatic rings. The lowest BCUT2D eigenvalue weighted by Gasteiger charge is -2.28. The maximum atomic E-state index is 12.9. The number of hydrogen-bond acceptors (Lipinski definition) is 3. The number of hydrogen-bond donors (Lipinski definition) is 1. The van der Waals surface area contributed by atoms with Crippen LogP contribution in [0, 0.1) is 5.92 Å². The van der Waals surface area contributed by atoms with Crippen LogP contribution in [0.3, 0.4) is 0 Å². The maximum Gasteiger partial charge on any atom is 0.239 e. The van der Waals surface area contributed by atoms with E-state index in [1.807, 2.05) is 42.1 Å². The topological polar surface area (TPSA) is 52.7 Å². The van der Waals surface area contributed by atoms with E-state index >= 15 is 0 Å². The van der Waals surface area contributed by atoms with E-state index in [1.54, 1.807) is 0 Å². The van der Waals surface area contributed by atoms with Gasteiger partial charge in [-0.05, 0) is 43.0 Å². The molecule has 0 atom stereocenters. The Balaban J connectivity index is 3.16. The molecule has 0 aliphatic heterocycles. The van der Waals surface area contributed by atoms with Gasteiger partial charge in [-0.2, -0.15) is 0 Å². The molecule has 0 saturated carbocycles. The number of amides is 2. The van der Waals surface area contributed by atoms with Gasteiger partial charge in [0, 0.05) is 44.5 Å². The summed E-state index contributed by atoms with van der Waals surface area (Å²) in [5, 5.41) is 2.78. The van der Waals surface area contributed by atoms with Crippen molar-refractivity contribution in [3.63, 3.8) is 0 Å². The molecule has 0 unspecified atom stereocenters. The van der Waals surface area contributed by atoms with E-state index in [0.717, 1.165) is 37.1 Å². The Kier molecular flexibility index (Phi) is 9.49. The molecule has 6 heteroatoms. The zero-order valence-corrected chi connectivity index (χ0v) is 17.4. The van der Waals surface area contributed by atoms with Gasteiger partial charge in [-0.1, -0.05) is 20.8 Å². The third-order valence-electron chi connectivity index (χ3n) is 4.47. The monoisotopic (exact) mass is 381 g/mol. The highest BCUT2D eigenvalue weighted by Gasteiger charge is 2.22. The second-order valence-corrected chi connectivity index (χ2v) is 6.96. The predicted molar refractivity (Wildman–Crippen MR) is 110 cm³/mol. The van der Waals surface area contributed by atoms with E-state index in [-0.39, 0.29) is 23.6 Å². The molecule has 26 heavy (non-hydrogen) atoms. The lowest BCUT2D eigenvalue weighted by molar-refractivity contribution is -0.136. The summed E-state index contributed by atoms with van der Waals surface area (Å²) in [5.41, 5.74) is 2.74. The molecule has 0 spiro atoms. The third kappa shape index (κ3) is 6.20. The third-order valence-corrected chi connectivity index (χ3v) is 4.71. The molecule has 0 heterocycles. The van der Waals surface area contributed by atoms with Crippen LogP contribution in [0.5, 0.6) is 0 Å². The van der Waals surface area contributed by atoms with Gasteiger partial charge in [-0.3, -0.25) is 9.59 Å². The van der Waals surface area contributed by atoms with Crippen LogP contribution in [0.4, 0.5) is 11.4 Å². The lowest BCUT2D eigenvalue weighted by atomic mass is 10.0. The second kappa shape index (κ2) is 11.1. The summed E-state index contributed by atoms with van der Waals surface area (Å²) in [7, 11) is 3.95. The van der Waals surface area contributed by atoms with Gasteiger partial charge < -0.3 is 15.1 Å². The zero-order valence-electron chi connectivity index (χ0n) is 16.6. The summed E-state index contributed by atoms with van der Waals surface area (Å²) >= 11 is 5.58. The molecule has 1 rings (SSSR count). The molecule has 146 valence electrons. The van der Waals surface area contributed by atoms with Crippen LogP contribution < -0.4 is 10.2 Å². The molecule has 0 aromatic heterocycles. The Morgan fingerprint density at radius 1 is 1.15 bits per heavy atom. The molecular weight excluding hydrogens is 350 g/mol. The Morgan fingerprint density at radius 3 is 2.31 bits per heavy atom. The SMILES string of the molecule is CCCN(Cc1cc(NC(=O)CCl)ccc1N(C)C)C(=O)C(CC)CC. The maximum absolute atomic E-state index is 12.9. The summed E-state index contributed by atoms with van der Waals surface area (Å²) in [5.74, 6) is -0.0612. The van der Waals surface area contributed by atoms with Crippen LogP contribution in [0.15, 0.2) is 18.2 Å². The first kappa shape index (κ1) is 22.3. The Hall–Kier alpha value is -1.75. The van der Waals surface area contributed by atoms with Gasteiger partial charge in [0.2, 0.25) is 11.8 Å². The van der Waals surface area contributed by atoms with E-state index in [4.69, 9.17) is 11.6 Å². The largest absolute Gasteiger partial charge is 0.377 e. The second-order valence-electron chi connectivity index (χ2n) is 6.69. The number of rotatable bonds is 10. The normalized spacial score (nSPS) is 10.7. The number of nitrogens with zero attached hydrogens (tertiary/aromatic N) is 2. The number of alkyl halides is 1. The first-order valence-electron chi connectivity index (χ1n) is 9.32. The fourth-order valence-corrected chi connectivity index (χ4v) is 3.13. The van der Waals surface area contributed by atoms with E-state index in [1.165, 1.54) is 0 Å². The van der Waals surface area contributed by atoms with E-state index in [2.05, 4.69) is 26.1 Å². The molecule has 0 aliphatic carbocycles. The minimum absolute atomic E-state index is 0.0588. The molecule has 0 radical (unpaired) electrons. The number of benzene rings is 1. The van der Waals surface area contributed by atoms with Gasteiger partial charge in [0.1, 0.15) is 5.88 Å².